The second kappa shape index (κ2) is 6.05. The molecule has 0 atom stereocenters. The first-order valence-electron chi connectivity index (χ1n) is 4.88. The highest BCUT2D eigenvalue weighted by molar-refractivity contribution is 7.11. The van der Waals surface area contributed by atoms with Gasteiger partial charge >= 0.3 is 0 Å². The number of hydrogen-bond acceptors (Lipinski definition) is 4. The molecule has 0 aliphatic rings. The fraction of sp³-hybridized carbons (Fsp3) is 0.778. The van der Waals surface area contributed by atoms with E-state index in [1.54, 1.807) is 11.3 Å². The van der Waals surface area contributed by atoms with Crippen molar-refractivity contribution >= 4 is 11.3 Å². The minimum Gasteiger partial charge on any atom is -0.311 e. The van der Waals surface area contributed by atoms with Crippen molar-refractivity contribution in [3.63, 3.8) is 0 Å². The van der Waals surface area contributed by atoms with Crippen LogP contribution < -0.4 is 5.32 Å². The van der Waals surface area contributed by atoms with Crippen LogP contribution in [0.5, 0.6) is 0 Å². The second-order valence-corrected chi connectivity index (χ2v) is 4.12. The van der Waals surface area contributed by atoms with E-state index >= 15 is 0 Å². The van der Waals surface area contributed by atoms with Gasteiger partial charge in [-0.1, -0.05) is 20.3 Å². The fourth-order valence-corrected chi connectivity index (χ4v) is 1.88. The van der Waals surface area contributed by atoms with E-state index in [0.717, 1.165) is 24.5 Å². The first kappa shape index (κ1) is 10.6. The molecule has 1 aromatic heterocycles. The third-order valence-electron chi connectivity index (χ3n) is 1.78. The third kappa shape index (κ3) is 3.83. The molecule has 0 aromatic carbocycles. The summed E-state index contributed by atoms with van der Waals surface area (Å²) in [6, 6.07) is 0. The van der Waals surface area contributed by atoms with Crippen molar-refractivity contribution in [1.82, 2.24) is 15.5 Å². The number of nitrogens with one attached hydrogen (secondary N) is 1. The molecular formula is C9H17N3S. The second-order valence-electron chi connectivity index (χ2n) is 2.97. The van der Waals surface area contributed by atoms with E-state index < -0.39 is 0 Å². The van der Waals surface area contributed by atoms with Crippen LogP contribution in [0.25, 0.3) is 0 Å². The van der Waals surface area contributed by atoms with Crippen LogP contribution in [0.4, 0.5) is 0 Å². The van der Waals surface area contributed by atoms with E-state index in [-0.39, 0.29) is 0 Å². The molecule has 3 nitrogen and oxygen atoms in total. The van der Waals surface area contributed by atoms with Crippen LogP contribution >= 0.6 is 11.3 Å². The van der Waals surface area contributed by atoms with Gasteiger partial charge in [-0.25, -0.2) is 0 Å². The first-order chi connectivity index (χ1) is 6.36. The number of aromatic nitrogens is 2. The summed E-state index contributed by atoms with van der Waals surface area (Å²) in [6.45, 7) is 6.14. The molecule has 0 spiro atoms. The zero-order valence-electron chi connectivity index (χ0n) is 8.34. The van der Waals surface area contributed by atoms with Gasteiger partial charge in [0.2, 0.25) is 0 Å². The Kier molecular flexibility index (Phi) is 4.93. The predicted molar refractivity (Wildman–Crippen MR) is 55.9 cm³/mol. The van der Waals surface area contributed by atoms with Gasteiger partial charge in [0.1, 0.15) is 10.0 Å². The summed E-state index contributed by atoms with van der Waals surface area (Å²) in [6.07, 6.45) is 3.53. The van der Waals surface area contributed by atoms with Gasteiger partial charge in [-0.2, -0.15) is 0 Å². The Bertz CT molecular complexity index is 212. The summed E-state index contributed by atoms with van der Waals surface area (Å²) in [5, 5.41) is 13.8. The molecule has 0 radical (unpaired) electrons. The molecule has 13 heavy (non-hydrogen) atoms. The van der Waals surface area contributed by atoms with Gasteiger partial charge < -0.3 is 5.32 Å². The third-order valence-corrected chi connectivity index (χ3v) is 2.76. The van der Waals surface area contributed by atoms with Crippen molar-refractivity contribution in [3.8, 4) is 0 Å². The highest BCUT2D eigenvalue weighted by atomic mass is 32.1. The van der Waals surface area contributed by atoms with Gasteiger partial charge in [0.25, 0.3) is 0 Å². The van der Waals surface area contributed by atoms with Crippen molar-refractivity contribution in [2.75, 3.05) is 6.54 Å². The maximum absolute atomic E-state index is 4.14. The number of unbranched alkanes of at least 4 members (excludes halogenated alkanes) is 1. The maximum Gasteiger partial charge on any atom is 0.131 e. The zero-order chi connectivity index (χ0) is 9.52. The first-order valence-corrected chi connectivity index (χ1v) is 5.70. The van der Waals surface area contributed by atoms with Crippen LogP contribution in [0.15, 0.2) is 0 Å². The molecular weight excluding hydrogens is 182 g/mol. The lowest BCUT2D eigenvalue weighted by atomic mass is 10.3. The summed E-state index contributed by atoms with van der Waals surface area (Å²) in [5.41, 5.74) is 0. The summed E-state index contributed by atoms with van der Waals surface area (Å²) in [7, 11) is 0. The SMILES string of the molecule is CCCCc1nnc(CNCC)s1. The Morgan fingerprint density at radius 3 is 2.69 bits per heavy atom. The van der Waals surface area contributed by atoms with E-state index in [9.17, 15) is 0 Å². The Hall–Kier alpha value is -0.480. The Balaban J connectivity index is 2.34. The number of aryl methyl sites for hydroxylation is 1. The molecule has 0 bridgehead atoms. The Morgan fingerprint density at radius 1 is 1.23 bits per heavy atom. The van der Waals surface area contributed by atoms with Gasteiger partial charge in [-0.3, -0.25) is 0 Å². The molecule has 74 valence electrons. The lowest BCUT2D eigenvalue weighted by Gasteiger charge is -1.93. The number of nitrogens with zero attached hydrogens (tertiary/aromatic N) is 2. The molecule has 0 amide bonds. The molecule has 0 aliphatic carbocycles. The summed E-state index contributed by atoms with van der Waals surface area (Å²) in [5.74, 6) is 0. The van der Waals surface area contributed by atoms with Crippen molar-refractivity contribution in [2.24, 2.45) is 0 Å². The number of hydrogen-bond donors (Lipinski definition) is 1. The summed E-state index contributed by atoms with van der Waals surface area (Å²) in [4.78, 5) is 0. The van der Waals surface area contributed by atoms with Gasteiger partial charge in [-0.15, -0.1) is 21.5 Å². The molecule has 0 aliphatic heterocycles. The monoisotopic (exact) mass is 199 g/mol. The van der Waals surface area contributed by atoms with Crippen molar-refractivity contribution in [3.05, 3.63) is 10.0 Å². The highest BCUT2D eigenvalue weighted by Gasteiger charge is 2.02. The molecule has 0 unspecified atom stereocenters. The topological polar surface area (TPSA) is 37.8 Å². The van der Waals surface area contributed by atoms with E-state index in [2.05, 4.69) is 29.4 Å². The van der Waals surface area contributed by atoms with Crippen LogP contribution in [-0.2, 0) is 13.0 Å². The Labute approximate surface area is 83.6 Å². The molecule has 4 heteroatoms. The van der Waals surface area contributed by atoms with E-state index in [4.69, 9.17) is 0 Å². The van der Waals surface area contributed by atoms with Crippen LogP contribution in [-0.4, -0.2) is 16.7 Å². The zero-order valence-corrected chi connectivity index (χ0v) is 9.15. The van der Waals surface area contributed by atoms with Crippen LogP contribution in [0.1, 0.15) is 36.7 Å². The normalized spacial score (nSPS) is 10.6. The molecule has 0 saturated carbocycles. The molecule has 1 aromatic rings. The Morgan fingerprint density at radius 2 is 2.00 bits per heavy atom. The predicted octanol–water partition coefficient (Wildman–Crippen LogP) is 1.99. The van der Waals surface area contributed by atoms with E-state index in [1.165, 1.54) is 17.8 Å². The maximum atomic E-state index is 4.14. The quantitative estimate of drug-likeness (QED) is 0.761. The molecule has 0 fully saturated rings. The smallest absolute Gasteiger partial charge is 0.131 e. The van der Waals surface area contributed by atoms with E-state index in [0.29, 0.717) is 0 Å². The van der Waals surface area contributed by atoms with Gasteiger partial charge in [0, 0.05) is 13.0 Å². The van der Waals surface area contributed by atoms with Crippen molar-refractivity contribution < 1.29 is 0 Å². The average molecular weight is 199 g/mol. The lowest BCUT2D eigenvalue weighted by Crippen LogP contribution is -2.11. The van der Waals surface area contributed by atoms with E-state index in [1.807, 2.05) is 0 Å². The minimum absolute atomic E-state index is 0.861. The molecule has 1 N–H and O–H groups in total. The van der Waals surface area contributed by atoms with Gasteiger partial charge in [0.15, 0.2) is 0 Å². The van der Waals surface area contributed by atoms with Crippen LogP contribution in [0.3, 0.4) is 0 Å². The molecule has 1 rings (SSSR count). The summed E-state index contributed by atoms with van der Waals surface area (Å²) >= 11 is 1.73. The van der Waals surface area contributed by atoms with Gasteiger partial charge in [-0.05, 0) is 13.0 Å². The highest BCUT2D eigenvalue weighted by Crippen LogP contribution is 2.11. The largest absolute Gasteiger partial charge is 0.311 e. The average Bonchev–Trinajstić information content (AvgIpc) is 2.59. The summed E-state index contributed by atoms with van der Waals surface area (Å²) < 4.78 is 0. The molecule has 1 heterocycles. The van der Waals surface area contributed by atoms with Crippen molar-refractivity contribution in [2.45, 2.75) is 39.7 Å². The van der Waals surface area contributed by atoms with Crippen molar-refractivity contribution in [1.29, 1.82) is 0 Å². The fourth-order valence-electron chi connectivity index (χ4n) is 1.02. The lowest BCUT2D eigenvalue weighted by molar-refractivity contribution is 0.712. The standard InChI is InChI=1S/C9H17N3S/c1-3-5-6-8-11-12-9(13-8)7-10-4-2/h10H,3-7H2,1-2H3. The van der Waals surface area contributed by atoms with Gasteiger partial charge in [0.05, 0.1) is 0 Å². The minimum atomic E-state index is 0.861. The number of rotatable bonds is 6. The molecule has 0 saturated heterocycles. The van der Waals surface area contributed by atoms with Crippen LogP contribution in [0, 0.1) is 0 Å². The van der Waals surface area contributed by atoms with Crippen LogP contribution in [0.2, 0.25) is 0 Å².